The molecule has 0 spiro atoms. The molecule has 1 N–H and O–H groups in total. The van der Waals surface area contributed by atoms with Gasteiger partial charge in [0.2, 0.25) is 0 Å². The Kier molecular flexibility index (Phi) is 3.56. The third kappa shape index (κ3) is 2.59. The van der Waals surface area contributed by atoms with Gasteiger partial charge in [0.05, 0.1) is 6.04 Å². The molecule has 1 saturated heterocycles. The van der Waals surface area contributed by atoms with E-state index in [1.807, 2.05) is 18.5 Å². The molecule has 2 heterocycles. The van der Waals surface area contributed by atoms with E-state index in [4.69, 9.17) is 0 Å². The lowest BCUT2D eigenvalue weighted by Gasteiger charge is -2.29. The lowest BCUT2D eigenvalue weighted by atomic mass is 10.2. The van der Waals surface area contributed by atoms with Gasteiger partial charge in [-0.1, -0.05) is 0 Å². The van der Waals surface area contributed by atoms with Crippen LogP contribution in [-0.4, -0.2) is 52.4 Å². The van der Waals surface area contributed by atoms with Gasteiger partial charge in [-0.05, 0) is 20.8 Å². The molecule has 1 unspecified atom stereocenters. The van der Waals surface area contributed by atoms with Crippen LogP contribution >= 0.6 is 0 Å². The number of rotatable bonds is 3. The number of piperazine rings is 1. The van der Waals surface area contributed by atoms with Crippen molar-refractivity contribution in [2.75, 3.05) is 32.7 Å². The van der Waals surface area contributed by atoms with Crippen molar-refractivity contribution >= 4 is 0 Å². The van der Waals surface area contributed by atoms with Gasteiger partial charge in [0, 0.05) is 32.7 Å². The summed E-state index contributed by atoms with van der Waals surface area (Å²) in [6.07, 6.45) is 0. The molecule has 1 aromatic heterocycles. The predicted molar refractivity (Wildman–Crippen MR) is 63.5 cm³/mol. The Bertz CT molecular complexity index is 340. The van der Waals surface area contributed by atoms with Crippen LogP contribution in [0.4, 0.5) is 0 Å². The first-order valence-electron chi connectivity index (χ1n) is 5.99. The van der Waals surface area contributed by atoms with Gasteiger partial charge in [-0.15, -0.1) is 0 Å². The maximum absolute atomic E-state index is 4.44. The minimum absolute atomic E-state index is 0.402. The van der Waals surface area contributed by atoms with Crippen LogP contribution in [0.2, 0.25) is 0 Å². The van der Waals surface area contributed by atoms with E-state index in [2.05, 4.69) is 27.2 Å². The Morgan fingerprint density at radius 1 is 1.31 bits per heavy atom. The van der Waals surface area contributed by atoms with Crippen LogP contribution in [-0.2, 0) is 0 Å². The van der Waals surface area contributed by atoms with E-state index in [9.17, 15) is 0 Å². The molecule has 90 valence electrons. The first-order chi connectivity index (χ1) is 7.66. The standard InChI is InChI=1S/C11H21N5/c1-9(8-15-6-4-12-5-7-15)16-11(3)13-10(2)14-16/h9,12H,4-8H2,1-3H3. The molecule has 0 radical (unpaired) electrons. The van der Waals surface area contributed by atoms with Gasteiger partial charge in [0.15, 0.2) is 0 Å². The first kappa shape index (κ1) is 11.5. The maximum Gasteiger partial charge on any atom is 0.147 e. The Morgan fingerprint density at radius 2 is 2.00 bits per heavy atom. The highest BCUT2D eigenvalue weighted by Gasteiger charge is 2.16. The second kappa shape index (κ2) is 4.93. The number of nitrogens with one attached hydrogen (secondary N) is 1. The molecule has 1 fully saturated rings. The van der Waals surface area contributed by atoms with E-state index in [-0.39, 0.29) is 0 Å². The van der Waals surface area contributed by atoms with Crippen LogP contribution in [0.25, 0.3) is 0 Å². The lowest BCUT2D eigenvalue weighted by Crippen LogP contribution is -2.45. The largest absolute Gasteiger partial charge is 0.314 e. The second-order valence-electron chi connectivity index (χ2n) is 4.55. The highest BCUT2D eigenvalue weighted by molar-refractivity contribution is 4.90. The molecule has 0 aromatic carbocycles. The predicted octanol–water partition coefficient (Wildman–Crippen LogP) is 0.361. The SMILES string of the molecule is Cc1nc(C)n(C(C)CN2CCNCC2)n1. The van der Waals surface area contributed by atoms with Gasteiger partial charge in [-0.25, -0.2) is 9.67 Å². The van der Waals surface area contributed by atoms with Crippen molar-refractivity contribution in [3.63, 3.8) is 0 Å². The van der Waals surface area contributed by atoms with Gasteiger partial charge >= 0.3 is 0 Å². The molecule has 0 saturated carbocycles. The van der Waals surface area contributed by atoms with Crippen LogP contribution < -0.4 is 5.32 Å². The Morgan fingerprint density at radius 3 is 2.56 bits per heavy atom. The fraction of sp³-hybridized carbons (Fsp3) is 0.818. The number of aryl methyl sites for hydroxylation is 2. The number of hydrogen-bond donors (Lipinski definition) is 1. The first-order valence-corrected chi connectivity index (χ1v) is 5.99. The normalized spacial score (nSPS) is 19.9. The minimum atomic E-state index is 0.402. The Labute approximate surface area is 96.8 Å². The van der Waals surface area contributed by atoms with Gasteiger partial charge in [-0.3, -0.25) is 4.90 Å². The van der Waals surface area contributed by atoms with Crippen molar-refractivity contribution < 1.29 is 0 Å². The summed E-state index contributed by atoms with van der Waals surface area (Å²) in [6.45, 7) is 11.7. The van der Waals surface area contributed by atoms with E-state index in [1.54, 1.807) is 0 Å². The molecule has 0 bridgehead atoms. The molecule has 1 aromatic rings. The molecule has 1 aliphatic rings. The van der Waals surface area contributed by atoms with Crippen LogP contribution in [0.3, 0.4) is 0 Å². The summed E-state index contributed by atoms with van der Waals surface area (Å²) in [5, 5.41) is 7.81. The van der Waals surface area contributed by atoms with Crippen LogP contribution in [0.15, 0.2) is 0 Å². The number of aromatic nitrogens is 3. The lowest BCUT2D eigenvalue weighted by molar-refractivity contribution is 0.206. The zero-order chi connectivity index (χ0) is 11.5. The Balaban J connectivity index is 1.96. The Hall–Kier alpha value is -0.940. The molecular formula is C11H21N5. The van der Waals surface area contributed by atoms with E-state index in [0.29, 0.717) is 6.04 Å². The highest BCUT2D eigenvalue weighted by Crippen LogP contribution is 2.10. The van der Waals surface area contributed by atoms with Gasteiger partial charge in [0.25, 0.3) is 0 Å². The molecule has 2 rings (SSSR count). The molecule has 0 aliphatic carbocycles. The van der Waals surface area contributed by atoms with Gasteiger partial charge < -0.3 is 5.32 Å². The fourth-order valence-corrected chi connectivity index (χ4v) is 2.30. The van der Waals surface area contributed by atoms with Crippen LogP contribution in [0, 0.1) is 13.8 Å². The molecule has 0 amide bonds. The fourth-order valence-electron chi connectivity index (χ4n) is 2.30. The molecule has 16 heavy (non-hydrogen) atoms. The topological polar surface area (TPSA) is 46.0 Å². The summed E-state index contributed by atoms with van der Waals surface area (Å²) in [7, 11) is 0. The molecule has 1 atom stereocenters. The molecular weight excluding hydrogens is 202 g/mol. The molecule has 1 aliphatic heterocycles. The summed E-state index contributed by atoms with van der Waals surface area (Å²) < 4.78 is 2.04. The van der Waals surface area contributed by atoms with Crippen molar-refractivity contribution in [1.82, 2.24) is 25.0 Å². The zero-order valence-electron chi connectivity index (χ0n) is 10.4. The monoisotopic (exact) mass is 223 g/mol. The average Bonchev–Trinajstić information content (AvgIpc) is 2.59. The van der Waals surface area contributed by atoms with E-state index >= 15 is 0 Å². The summed E-state index contributed by atoms with van der Waals surface area (Å²) in [5.74, 6) is 1.88. The van der Waals surface area contributed by atoms with Crippen molar-refractivity contribution in [2.24, 2.45) is 0 Å². The quantitative estimate of drug-likeness (QED) is 0.804. The van der Waals surface area contributed by atoms with E-state index < -0.39 is 0 Å². The highest BCUT2D eigenvalue weighted by atomic mass is 15.4. The molecule has 5 heteroatoms. The van der Waals surface area contributed by atoms with Gasteiger partial charge in [0.1, 0.15) is 11.6 Å². The third-order valence-electron chi connectivity index (χ3n) is 3.06. The summed E-state index contributed by atoms with van der Waals surface area (Å²) in [6, 6.07) is 0.402. The zero-order valence-corrected chi connectivity index (χ0v) is 10.4. The smallest absolute Gasteiger partial charge is 0.147 e. The van der Waals surface area contributed by atoms with E-state index in [1.165, 1.54) is 0 Å². The summed E-state index contributed by atoms with van der Waals surface area (Å²) in [5.41, 5.74) is 0. The number of nitrogens with zero attached hydrogens (tertiary/aromatic N) is 4. The third-order valence-corrected chi connectivity index (χ3v) is 3.06. The van der Waals surface area contributed by atoms with Crippen LogP contribution in [0.5, 0.6) is 0 Å². The molecule has 5 nitrogen and oxygen atoms in total. The van der Waals surface area contributed by atoms with Crippen molar-refractivity contribution in [3.8, 4) is 0 Å². The number of hydrogen-bond acceptors (Lipinski definition) is 4. The second-order valence-corrected chi connectivity index (χ2v) is 4.55. The summed E-state index contributed by atoms with van der Waals surface area (Å²) in [4.78, 5) is 6.83. The average molecular weight is 223 g/mol. The maximum atomic E-state index is 4.44. The van der Waals surface area contributed by atoms with E-state index in [0.717, 1.165) is 44.4 Å². The van der Waals surface area contributed by atoms with Crippen molar-refractivity contribution in [1.29, 1.82) is 0 Å². The van der Waals surface area contributed by atoms with Crippen molar-refractivity contribution in [3.05, 3.63) is 11.6 Å². The minimum Gasteiger partial charge on any atom is -0.314 e. The van der Waals surface area contributed by atoms with Crippen molar-refractivity contribution in [2.45, 2.75) is 26.8 Å². The van der Waals surface area contributed by atoms with Gasteiger partial charge in [-0.2, -0.15) is 5.10 Å². The summed E-state index contributed by atoms with van der Waals surface area (Å²) >= 11 is 0. The van der Waals surface area contributed by atoms with Crippen LogP contribution in [0.1, 0.15) is 24.6 Å².